The van der Waals surface area contributed by atoms with Gasteiger partial charge in [-0.05, 0) is 73.1 Å². The fraction of sp³-hybridized carbons (Fsp3) is 0.314. The van der Waals surface area contributed by atoms with Gasteiger partial charge in [0.25, 0.3) is 11.6 Å². The Kier molecular flexibility index (Phi) is 7.79. The number of ether oxygens (including phenoxy) is 2. The number of nitrogens with one attached hydrogen (secondary N) is 2. The number of carbonyl (C=O) groups excluding carboxylic acids is 3. The minimum absolute atomic E-state index is 0.0179. The maximum absolute atomic E-state index is 14.0. The number of aromatic amines is 1. The van der Waals surface area contributed by atoms with Crippen molar-refractivity contribution in [1.29, 1.82) is 0 Å². The first-order valence-electron chi connectivity index (χ1n) is 16.0. The molecule has 2 saturated carbocycles. The van der Waals surface area contributed by atoms with E-state index in [1.54, 1.807) is 30.0 Å². The molecule has 3 heterocycles. The highest BCUT2D eigenvalue weighted by Crippen LogP contribution is 2.68. The number of imide groups is 1. The molecule has 49 heavy (non-hydrogen) atoms. The van der Waals surface area contributed by atoms with Crippen LogP contribution in [0.25, 0.3) is 0 Å². The molecule has 14 heteroatoms. The molecule has 4 aromatic rings. The number of hydrogen-bond donors (Lipinski definition) is 2. The second-order valence-electron chi connectivity index (χ2n) is 12.6. The zero-order valence-electron chi connectivity index (χ0n) is 26.1. The van der Waals surface area contributed by atoms with Crippen molar-refractivity contribution in [3.63, 3.8) is 0 Å². The Morgan fingerprint density at radius 2 is 1.71 bits per heavy atom. The summed E-state index contributed by atoms with van der Waals surface area (Å²) >= 11 is 2.75. The molecule has 3 aromatic carbocycles. The average Bonchev–Trinajstić information content (AvgIpc) is 3.83. The highest BCUT2D eigenvalue weighted by atomic mass is 32.2. The van der Waals surface area contributed by atoms with Crippen LogP contribution in [0.2, 0.25) is 0 Å². The second kappa shape index (κ2) is 12.2. The Bertz CT molecular complexity index is 2050. The molecule has 2 aliphatic carbocycles. The Morgan fingerprint density at radius 3 is 2.43 bits per heavy atom. The lowest BCUT2D eigenvalue weighted by atomic mass is 9.68. The third-order valence-electron chi connectivity index (χ3n) is 10.1. The molecule has 1 aromatic heterocycles. The highest BCUT2D eigenvalue weighted by Gasteiger charge is 2.69. The zero-order chi connectivity index (χ0) is 34.0. The van der Waals surface area contributed by atoms with Crippen LogP contribution in [0, 0.1) is 39.7 Å². The molecule has 12 nitrogen and oxygen atoms in total. The smallest absolute Gasteiger partial charge is 0.305 e. The first-order chi connectivity index (χ1) is 23.7. The third kappa shape index (κ3) is 5.21. The van der Waals surface area contributed by atoms with Crippen molar-refractivity contribution in [1.82, 2.24) is 4.98 Å². The number of nitro benzene ring substituents is 1. The molecular weight excluding hydrogens is 669 g/mol. The van der Waals surface area contributed by atoms with Gasteiger partial charge in [-0.1, -0.05) is 35.6 Å². The van der Waals surface area contributed by atoms with Crippen molar-refractivity contribution in [3.8, 4) is 11.5 Å². The van der Waals surface area contributed by atoms with Crippen LogP contribution in [0.1, 0.15) is 29.7 Å². The number of nitrogens with zero attached hydrogens (tertiary/aromatic N) is 2. The number of aromatic nitrogens is 1. The van der Waals surface area contributed by atoms with E-state index in [0.717, 1.165) is 33.2 Å². The van der Waals surface area contributed by atoms with E-state index < -0.39 is 16.8 Å². The van der Waals surface area contributed by atoms with E-state index in [2.05, 4.69) is 10.3 Å². The number of para-hydroxylation sites is 1. The van der Waals surface area contributed by atoms with Crippen molar-refractivity contribution in [3.05, 3.63) is 103 Å². The van der Waals surface area contributed by atoms with Gasteiger partial charge in [-0.2, -0.15) is 0 Å². The van der Waals surface area contributed by atoms with Gasteiger partial charge in [-0.15, -0.1) is 11.8 Å². The first-order valence-corrected chi connectivity index (χ1v) is 17.7. The molecule has 3 amide bonds. The molecule has 0 spiro atoms. The normalized spacial score (nSPS) is 26.2. The summed E-state index contributed by atoms with van der Waals surface area (Å²) in [6, 6.07) is 20.2. The van der Waals surface area contributed by atoms with Crippen LogP contribution in [-0.2, 0) is 14.4 Å². The Balaban J connectivity index is 1.10. The summed E-state index contributed by atoms with van der Waals surface area (Å²) in [5.41, 5.74) is 1.77. The van der Waals surface area contributed by atoms with E-state index in [1.807, 2.05) is 37.3 Å². The van der Waals surface area contributed by atoms with E-state index in [9.17, 15) is 29.3 Å². The van der Waals surface area contributed by atoms with Gasteiger partial charge >= 0.3 is 4.87 Å². The summed E-state index contributed by atoms with van der Waals surface area (Å²) in [5.74, 6) is -1.50. The number of hydrogen-bond acceptors (Lipinski definition) is 10. The molecule has 8 rings (SSSR count). The standard InChI is InChI=1S/C35H30N4O8S2/c1-2-46-24-14-17(8-13-23(24)47-16-25(40)36-18-6-4-3-5-7-18)26-27-21-15-22(30(27)48-32-31(26)49-35(43)37-32)29-28(21)33(41)38(34(29)42)19-9-11-20(12-10-19)39(44)45/h3-14,21-22,26-30H,2,15-16H2,1H3,(H,36,40)(H,37,43)/t21-,22-,26-,27?,28?,29?,30?/m1/s1. The van der Waals surface area contributed by atoms with Crippen LogP contribution in [-0.4, -0.2) is 46.1 Å². The number of thioether (sulfide) groups is 1. The Hall–Kier alpha value is -4.95. The van der Waals surface area contributed by atoms with Crippen LogP contribution < -0.4 is 24.6 Å². The number of rotatable bonds is 9. The largest absolute Gasteiger partial charge is 0.490 e. The molecule has 250 valence electrons. The molecule has 3 fully saturated rings. The fourth-order valence-electron chi connectivity index (χ4n) is 8.34. The molecule has 4 unspecified atom stereocenters. The van der Waals surface area contributed by atoms with Crippen LogP contribution in [0.3, 0.4) is 0 Å². The summed E-state index contributed by atoms with van der Waals surface area (Å²) < 4.78 is 11.9. The minimum Gasteiger partial charge on any atom is -0.490 e. The number of non-ortho nitro benzene ring substituents is 1. The number of nitro groups is 1. The molecule has 1 saturated heterocycles. The van der Waals surface area contributed by atoms with Crippen LogP contribution in [0.4, 0.5) is 17.1 Å². The summed E-state index contributed by atoms with van der Waals surface area (Å²) in [5, 5.41) is 14.8. The third-order valence-corrected chi connectivity index (χ3v) is 12.7. The lowest BCUT2D eigenvalue weighted by Crippen LogP contribution is -2.42. The fourth-order valence-corrected chi connectivity index (χ4v) is 11.2. The maximum atomic E-state index is 14.0. The summed E-state index contributed by atoms with van der Waals surface area (Å²) in [7, 11) is 0. The number of amides is 3. The average molecular weight is 699 g/mol. The highest BCUT2D eigenvalue weighted by molar-refractivity contribution is 8.00. The number of carbonyl (C=O) groups is 3. The zero-order valence-corrected chi connectivity index (χ0v) is 27.7. The van der Waals surface area contributed by atoms with Crippen LogP contribution in [0.5, 0.6) is 11.5 Å². The SMILES string of the molecule is CCOc1cc([C@H]2c3sc(=O)[nH]c3SC3C2[C@H]2C[C@@H]3C3C(=O)N(c4ccc([N+](=O)[O-])cc4)C(=O)C32)ccc1OCC(=O)Nc1ccccc1. The lowest BCUT2D eigenvalue weighted by molar-refractivity contribution is -0.384. The van der Waals surface area contributed by atoms with Gasteiger partial charge in [0, 0.05) is 33.9 Å². The van der Waals surface area contributed by atoms with Crippen molar-refractivity contribution in [2.45, 2.75) is 29.5 Å². The number of anilines is 2. The summed E-state index contributed by atoms with van der Waals surface area (Å²) in [4.78, 5) is 68.9. The van der Waals surface area contributed by atoms with E-state index >= 15 is 0 Å². The number of fused-ring (bicyclic) bond motifs is 9. The van der Waals surface area contributed by atoms with Crippen LogP contribution in [0.15, 0.2) is 82.6 Å². The quantitative estimate of drug-likeness (QED) is 0.132. The Morgan fingerprint density at radius 1 is 0.980 bits per heavy atom. The monoisotopic (exact) mass is 698 g/mol. The summed E-state index contributed by atoms with van der Waals surface area (Å²) in [6.07, 6.45) is 0.717. The molecule has 2 bridgehead atoms. The van der Waals surface area contributed by atoms with Crippen molar-refractivity contribution >= 4 is 57.9 Å². The van der Waals surface area contributed by atoms with E-state index in [-0.39, 0.29) is 63.8 Å². The first kappa shape index (κ1) is 31.3. The predicted octanol–water partition coefficient (Wildman–Crippen LogP) is 5.44. The second-order valence-corrected chi connectivity index (χ2v) is 14.8. The van der Waals surface area contributed by atoms with Gasteiger partial charge in [0.2, 0.25) is 11.8 Å². The molecule has 7 atom stereocenters. The maximum Gasteiger partial charge on any atom is 0.305 e. The van der Waals surface area contributed by atoms with Gasteiger partial charge in [-0.3, -0.25) is 34.2 Å². The van der Waals surface area contributed by atoms with E-state index in [4.69, 9.17) is 9.47 Å². The van der Waals surface area contributed by atoms with Gasteiger partial charge < -0.3 is 19.8 Å². The van der Waals surface area contributed by atoms with Gasteiger partial charge in [0.1, 0.15) is 0 Å². The molecule has 0 radical (unpaired) electrons. The molecule has 2 aliphatic heterocycles. The molecule has 4 aliphatic rings. The van der Waals surface area contributed by atoms with Crippen molar-refractivity contribution in [2.24, 2.45) is 29.6 Å². The lowest BCUT2D eigenvalue weighted by Gasteiger charge is -2.43. The Labute approximate surface area is 288 Å². The van der Waals surface area contributed by atoms with E-state index in [1.165, 1.54) is 29.2 Å². The van der Waals surface area contributed by atoms with E-state index in [0.29, 0.717) is 29.5 Å². The van der Waals surface area contributed by atoms with Crippen LogP contribution >= 0.6 is 23.1 Å². The van der Waals surface area contributed by atoms with Crippen molar-refractivity contribution < 1.29 is 28.8 Å². The summed E-state index contributed by atoms with van der Waals surface area (Å²) in [6.45, 7) is 1.99. The van der Waals surface area contributed by atoms with Gasteiger partial charge in [-0.25, -0.2) is 0 Å². The van der Waals surface area contributed by atoms with Gasteiger partial charge in [0.15, 0.2) is 18.1 Å². The minimum atomic E-state index is -0.522. The number of H-pyrrole nitrogens is 1. The number of thiazole rings is 1. The molecular formula is C35H30N4O8S2. The topological polar surface area (TPSA) is 161 Å². The van der Waals surface area contributed by atoms with Crippen molar-refractivity contribution in [2.75, 3.05) is 23.4 Å². The molecule has 2 N–H and O–H groups in total. The van der Waals surface area contributed by atoms with Gasteiger partial charge in [0.05, 0.1) is 34.1 Å². The number of benzene rings is 3. The predicted molar refractivity (Wildman–Crippen MR) is 182 cm³/mol.